The average molecular weight is 398 g/mol. The van der Waals surface area contributed by atoms with E-state index in [0.717, 1.165) is 64.3 Å². The molecule has 3 rings (SSSR count). The highest BCUT2D eigenvalue weighted by molar-refractivity contribution is 5.86. The maximum absolute atomic E-state index is 12.5. The lowest BCUT2D eigenvalue weighted by molar-refractivity contribution is -0.137. The minimum Gasteiger partial charge on any atom is -0.340 e. The van der Waals surface area contributed by atoms with Crippen LogP contribution in [0.15, 0.2) is 24.4 Å². The number of carbonyl (C=O) groups is 1. The Morgan fingerprint density at radius 1 is 1.17 bits per heavy atom. The van der Waals surface area contributed by atoms with Crippen molar-refractivity contribution in [3.8, 4) is 0 Å². The van der Waals surface area contributed by atoms with E-state index in [9.17, 15) is 4.79 Å². The molecule has 1 unspecified atom stereocenters. The fraction of sp³-hybridized carbons (Fsp3) is 0.625. The fourth-order valence-electron chi connectivity index (χ4n) is 3.17. The molecule has 0 radical (unpaired) electrons. The number of pyridine rings is 1. The zero-order valence-electron chi connectivity index (χ0n) is 13.7. The van der Waals surface area contributed by atoms with Gasteiger partial charge in [-0.2, -0.15) is 0 Å². The van der Waals surface area contributed by atoms with Gasteiger partial charge in [-0.1, -0.05) is 6.07 Å². The Bertz CT molecular complexity index is 464. The van der Waals surface area contributed by atoms with Crippen molar-refractivity contribution in [2.75, 3.05) is 39.3 Å². The Morgan fingerprint density at radius 3 is 2.50 bits per heavy atom. The van der Waals surface area contributed by atoms with Gasteiger partial charge in [0.15, 0.2) is 0 Å². The van der Waals surface area contributed by atoms with Gasteiger partial charge in [0.2, 0.25) is 5.91 Å². The molecule has 8 heteroatoms. The Balaban J connectivity index is 0.00000176. The fourth-order valence-corrected chi connectivity index (χ4v) is 3.17. The van der Waals surface area contributed by atoms with E-state index in [4.69, 9.17) is 0 Å². The first-order valence-corrected chi connectivity index (χ1v) is 7.95. The summed E-state index contributed by atoms with van der Waals surface area (Å²) >= 11 is 0. The number of piperidine rings is 1. The van der Waals surface area contributed by atoms with Crippen molar-refractivity contribution in [1.82, 2.24) is 20.1 Å². The van der Waals surface area contributed by atoms with Gasteiger partial charge in [0, 0.05) is 45.5 Å². The van der Waals surface area contributed by atoms with E-state index in [1.807, 2.05) is 23.2 Å². The van der Waals surface area contributed by atoms with Crippen LogP contribution in [0.25, 0.3) is 0 Å². The molecule has 0 saturated carbocycles. The number of carbonyl (C=O) groups excluding carboxylic acids is 1. The Hall–Kier alpha value is -0.590. The third-order valence-electron chi connectivity index (χ3n) is 4.44. The molecule has 0 bridgehead atoms. The van der Waals surface area contributed by atoms with E-state index in [1.54, 1.807) is 0 Å². The molecule has 2 saturated heterocycles. The standard InChI is InChI=1S/C16H24N4O.3ClH/c21-16(14-4-3-6-17-12-14)20-10-8-19(9-11-20)13-15-5-1-2-7-18-15;;;/h1-2,5,7,14,17H,3-4,6,8-13H2;3*1H. The van der Waals surface area contributed by atoms with Gasteiger partial charge in [-0.25, -0.2) is 0 Å². The highest BCUT2D eigenvalue weighted by Crippen LogP contribution is 2.15. The third-order valence-corrected chi connectivity index (χ3v) is 4.44. The smallest absolute Gasteiger partial charge is 0.227 e. The largest absolute Gasteiger partial charge is 0.340 e. The van der Waals surface area contributed by atoms with Gasteiger partial charge in [-0.3, -0.25) is 14.7 Å². The summed E-state index contributed by atoms with van der Waals surface area (Å²) in [5.74, 6) is 0.542. The minimum atomic E-state index is 0. The lowest BCUT2D eigenvalue weighted by Crippen LogP contribution is -2.51. The zero-order valence-corrected chi connectivity index (χ0v) is 16.2. The average Bonchev–Trinajstić information content (AvgIpc) is 2.57. The van der Waals surface area contributed by atoms with Crippen molar-refractivity contribution in [2.24, 2.45) is 5.92 Å². The first-order valence-electron chi connectivity index (χ1n) is 7.95. The van der Waals surface area contributed by atoms with Gasteiger partial charge in [0.25, 0.3) is 0 Å². The number of amides is 1. The zero-order chi connectivity index (χ0) is 14.5. The molecule has 2 aliphatic rings. The van der Waals surface area contributed by atoms with Gasteiger partial charge in [-0.15, -0.1) is 37.2 Å². The van der Waals surface area contributed by atoms with Crippen LogP contribution < -0.4 is 5.32 Å². The maximum Gasteiger partial charge on any atom is 0.227 e. The topological polar surface area (TPSA) is 48.5 Å². The van der Waals surface area contributed by atoms with E-state index in [1.165, 1.54) is 0 Å². The predicted octanol–water partition coefficient (Wildman–Crippen LogP) is 1.99. The maximum atomic E-state index is 12.5. The van der Waals surface area contributed by atoms with Crippen LogP contribution in [0.4, 0.5) is 0 Å². The lowest BCUT2D eigenvalue weighted by Gasteiger charge is -2.37. The number of aromatic nitrogens is 1. The highest BCUT2D eigenvalue weighted by Gasteiger charge is 2.28. The highest BCUT2D eigenvalue weighted by atomic mass is 35.5. The first-order chi connectivity index (χ1) is 10.3. The SMILES string of the molecule is Cl.Cl.Cl.O=C(C1CCCNC1)N1CCN(Cc2ccccn2)CC1. The van der Waals surface area contributed by atoms with Gasteiger partial charge in [0.05, 0.1) is 11.6 Å². The summed E-state index contributed by atoms with van der Waals surface area (Å²) in [5, 5.41) is 3.33. The molecule has 2 aliphatic heterocycles. The van der Waals surface area contributed by atoms with Crippen LogP contribution in [-0.4, -0.2) is 60.0 Å². The Labute approximate surface area is 162 Å². The van der Waals surface area contributed by atoms with Crippen LogP contribution in [0.5, 0.6) is 0 Å². The van der Waals surface area contributed by atoms with Crippen LogP contribution in [0, 0.1) is 5.92 Å². The molecule has 138 valence electrons. The normalized spacial score (nSPS) is 21.0. The summed E-state index contributed by atoms with van der Waals surface area (Å²) in [6.07, 6.45) is 4.00. The van der Waals surface area contributed by atoms with Crippen LogP contribution in [0.3, 0.4) is 0 Å². The van der Waals surface area contributed by atoms with Crippen molar-refractivity contribution in [3.05, 3.63) is 30.1 Å². The summed E-state index contributed by atoms with van der Waals surface area (Å²) < 4.78 is 0. The van der Waals surface area contributed by atoms with Crippen LogP contribution >= 0.6 is 37.2 Å². The third kappa shape index (κ3) is 6.37. The molecular weight excluding hydrogens is 371 g/mol. The van der Waals surface area contributed by atoms with Gasteiger partial charge >= 0.3 is 0 Å². The van der Waals surface area contributed by atoms with E-state index < -0.39 is 0 Å². The molecule has 0 spiro atoms. The van der Waals surface area contributed by atoms with Crippen molar-refractivity contribution in [2.45, 2.75) is 19.4 Å². The van der Waals surface area contributed by atoms with E-state index in [-0.39, 0.29) is 43.1 Å². The quantitative estimate of drug-likeness (QED) is 0.847. The van der Waals surface area contributed by atoms with Crippen LogP contribution in [-0.2, 0) is 11.3 Å². The molecule has 0 aromatic carbocycles. The summed E-state index contributed by atoms with van der Waals surface area (Å²) in [6.45, 7) is 6.39. The molecule has 2 fully saturated rings. The van der Waals surface area contributed by atoms with Crippen molar-refractivity contribution < 1.29 is 4.79 Å². The number of nitrogens with one attached hydrogen (secondary N) is 1. The number of hydrogen-bond acceptors (Lipinski definition) is 4. The summed E-state index contributed by atoms with van der Waals surface area (Å²) in [4.78, 5) is 21.3. The second kappa shape index (κ2) is 11.9. The van der Waals surface area contributed by atoms with Gasteiger partial charge in [-0.05, 0) is 31.5 Å². The Kier molecular flexibility index (Phi) is 11.6. The lowest BCUT2D eigenvalue weighted by atomic mass is 9.98. The molecule has 1 amide bonds. The molecule has 24 heavy (non-hydrogen) atoms. The van der Waals surface area contributed by atoms with Crippen LogP contribution in [0.1, 0.15) is 18.5 Å². The summed E-state index contributed by atoms with van der Waals surface area (Å²) in [6, 6.07) is 6.03. The molecular formula is C16H27Cl3N4O. The van der Waals surface area contributed by atoms with Crippen LogP contribution in [0.2, 0.25) is 0 Å². The number of halogens is 3. The minimum absolute atomic E-state index is 0. The van der Waals surface area contributed by atoms with Crippen molar-refractivity contribution in [1.29, 1.82) is 0 Å². The molecule has 1 aromatic rings. The summed E-state index contributed by atoms with van der Waals surface area (Å²) in [5.41, 5.74) is 1.11. The van der Waals surface area contributed by atoms with E-state index in [0.29, 0.717) is 5.91 Å². The molecule has 1 aromatic heterocycles. The Morgan fingerprint density at radius 2 is 1.92 bits per heavy atom. The van der Waals surface area contributed by atoms with Gasteiger partial charge < -0.3 is 10.2 Å². The van der Waals surface area contributed by atoms with E-state index >= 15 is 0 Å². The summed E-state index contributed by atoms with van der Waals surface area (Å²) in [7, 11) is 0. The number of rotatable bonds is 3. The number of piperazine rings is 1. The molecule has 1 atom stereocenters. The van der Waals surface area contributed by atoms with Crippen molar-refractivity contribution in [3.63, 3.8) is 0 Å². The molecule has 3 heterocycles. The van der Waals surface area contributed by atoms with Gasteiger partial charge in [0.1, 0.15) is 0 Å². The second-order valence-corrected chi connectivity index (χ2v) is 5.97. The molecule has 1 N–H and O–H groups in total. The predicted molar refractivity (Wildman–Crippen MR) is 103 cm³/mol. The molecule has 5 nitrogen and oxygen atoms in total. The van der Waals surface area contributed by atoms with E-state index in [2.05, 4.69) is 21.3 Å². The number of nitrogens with zero attached hydrogens (tertiary/aromatic N) is 3. The number of hydrogen-bond donors (Lipinski definition) is 1. The monoisotopic (exact) mass is 396 g/mol. The van der Waals surface area contributed by atoms with Crippen molar-refractivity contribution >= 4 is 43.1 Å². The first kappa shape index (κ1) is 23.4. The second-order valence-electron chi connectivity index (χ2n) is 5.97. The molecule has 0 aliphatic carbocycles.